The van der Waals surface area contributed by atoms with Crippen LogP contribution in [0.15, 0.2) is 24.3 Å². The average molecular weight is 273 g/mol. The molecule has 1 aromatic carbocycles. The molecule has 2 aliphatic rings. The molecule has 4 nitrogen and oxygen atoms in total. The quantitative estimate of drug-likeness (QED) is 0.855. The fourth-order valence-corrected chi connectivity index (χ4v) is 3.68. The van der Waals surface area contributed by atoms with Gasteiger partial charge < -0.3 is 10.5 Å². The number of carbonyl (C=O) groups is 2. The summed E-state index contributed by atoms with van der Waals surface area (Å²) in [4.78, 5) is 23.5. The van der Waals surface area contributed by atoms with E-state index in [1.54, 1.807) is 18.2 Å². The molecule has 2 N–H and O–H groups in total. The molecule has 1 aromatic rings. The van der Waals surface area contributed by atoms with Gasteiger partial charge in [-0.2, -0.15) is 0 Å². The maximum atomic E-state index is 12.2. The highest BCUT2D eigenvalue weighted by Crippen LogP contribution is 2.48. The van der Waals surface area contributed by atoms with Crippen LogP contribution in [-0.4, -0.2) is 11.9 Å². The van der Waals surface area contributed by atoms with Gasteiger partial charge >= 0.3 is 5.97 Å². The summed E-state index contributed by atoms with van der Waals surface area (Å²) in [6.45, 7) is 0.131. The Labute approximate surface area is 118 Å². The Morgan fingerprint density at radius 3 is 2.65 bits per heavy atom. The third kappa shape index (κ3) is 2.42. The number of esters is 1. The monoisotopic (exact) mass is 273 g/mol. The Morgan fingerprint density at radius 1 is 1.20 bits per heavy atom. The number of carbonyl (C=O) groups excluding carboxylic acids is 2. The predicted octanol–water partition coefficient (Wildman–Crippen LogP) is 2.26. The summed E-state index contributed by atoms with van der Waals surface area (Å²) in [6.07, 6.45) is 4.57. The molecule has 3 rings (SSSR count). The van der Waals surface area contributed by atoms with Crippen LogP contribution in [0.1, 0.15) is 41.6 Å². The van der Waals surface area contributed by atoms with Crippen molar-refractivity contribution in [3.63, 3.8) is 0 Å². The molecule has 3 unspecified atom stereocenters. The number of primary amides is 1. The topological polar surface area (TPSA) is 69.4 Å². The van der Waals surface area contributed by atoms with Crippen molar-refractivity contribution < 1.29 is 14.3 Å². The summed E-state index contributed by atoms with van der Waals surface area (Å²) >= 11 is 0. The van der Waals surface area contributed by atoms with Gasteiger partial charge in [0.05, 0.1) is 5.92 Å². The Balaban J connectivity index is 1.62. The van der Waals surface area contributed by atoms with Crippen LogP contribution in [0.4, 0.5) is 0 Å². The number of amides is 1. The summed E-state index contributed by atoms with van der Waals surface area (Å²) in [5.41, 5.74) is 6.41. The fourth-order valence-electron chi connectivity index (χ4n) is 3.68. The molecule has 3 atom stereocenters. The molecule has 4 heteroatoms. The van der Waals surface area contributed by atoms with E-state index < -0.39 is 5.91 Å². The maximum absolute atomic E-state index is 12.2. The normalized spacial score (nSPS) is 27.5. The van der Waals surface area contributed by atoms with E-state index in [4.69, 9.17) is 10.5 Å². The minimum absolute atomic E-state index is 0.0643. The molecule has 0 radical (unpaired) electrons. The number of rotatable bonds is 4. The molecule has 2 fully saturated rings. The van der Waals surface area contributed by atoms with Gasteiger partial charge in [0, 0.05) is 11.1 Å². The van der Waals surface area contributed by atoms with Crippen molar-refractivity contribution in [2.45, 2.75) is 32.3 Å². The number of fused-ring (bicyclic) bond motifs is 2. The summed E-state index contributed by atoms with van der Waals surface area (Å²) in [6, 6.07) is 6.99. The molecule has 0 saturated heterocycles. The lowest BCUT2D eigenvalue weighted by Gasteiger charge is -2.20. The van der Waals surface area contributed by atoms with Gasteiger partial charge in [0.2, 0.25) is 5.91 Å². The number of ether oxygens (including phenoxy) is 1. The number of hydrogen-bond acceptors (Lipinski definition) is 3. The van der Waals surface area contributed by atoms with Crippen molar-refractivity contribution >= 4 is 11.9 Å². The fraction of sp³-hybridized carbons (Fsp3) is 0.500. The van der Waals surface area contributed by atoms with E-state index in [1.165, 1.54) is 12.8 Å². The third-order valence-electron chi connectivity index (χ3n) is 4.69. The van der Waals surface area contributed by atoms with Crippen LogP contribution in [0.2, 0.25) is 0 Å². The molecule has 1 amide bonds. The van der Waals surface area contributed by atoms with Crippen molar-refractivity contribution in [1.82, 2.24) is 0 Å². The highest BCUT2D eigenvalue weighted by atomic mass is 16.5. The minimum Gasteiger partial charge on any atom is -0.461 e. The van der Waals surface area contributed by atoms with Gasteiger partial charge in [-0.15, -0.1) is 0 Å². The second-order valence-corrected chi connectivity index (χ2v) is 5.91. The summed E-state index contributed by atoms with van der Waals surface area (Å²) < 4.78 is 5.41. The van der Waals surface area contributed by atoms with Gasteiger partial charge in [0.15, 0.2) is 0 Å². The lowest BCUT2D eigenvalue weighted by atomic mass is 9.89. The molecule has 20 heavy (non-hydrogen) atoms. The van der Waals surface area contributed by atoms with Crippen LogP contribution in [0.25, 0.3) is 0 Å². The molecular weight excluding hydrogens is 254 g/mol. The Bertz CT molecular complexity index is 540. The standard InChI is InChI=1S/C16H19NO3/c17-15(18)13-4-2-1-3-12(13)9-20-16(19)14-8-10-5-6-11(14)7-10/h1-4,10-11,14H,5-9H2,(H2,17,18). The summed E-state index contributed by atoms with van der Waals surface area (Å²) in [5.74, 6) is 0.692. The lowest BCUT2D eigenvalue weighted by molar-refractivity contribution is -0.151. The first-order chi connectivity index (χ1) is 9.65. The maximum Gasteiger partial charge on any atom is 0.309 e. The SMILES string of the molecule is NC(=O)c1ccccc1COC(=O)C1CC2CCC1C2. The van der Waals surface area contributed by atoms with Crippen molar-refractivity contribution in [1.29, 1.82) is 0 Å². The molecule has 2 bridgehead atoms. The van der Waals surface area contributed by atoms with Crippen LogP contribution >= 0.6 is 0 Å². The van der Waals surface area contributed by atoms with Gasteiger partial charge in [-0.25, -0.2) is 0 Å². The number of nitrogens with two attached hydrogens (primary N) is 1. The van der Waals surface area contributed by atoms with E-state index in [1.807, 2.05) is 6.07 Å². The molecule has 0 heterocycles. The number of hydrogen-bond donors (Lipinski definition) is 1. The van der Waals surface area contributed by atoms with Crippen LogP contribution in [0.3, 0.4) is 0 Å². The van der Waals surface area contributed by atoms with Crippen molar-refractivity contribution in [2.75, 3.05) is 0 Å². The van der Waals surface area contributed by atoms with Crippen molar-refractivity contribution in [2.24, 2.45) is 23.5 Å². The lowest BCUT2D eigenvalue weighted by Crippen LogP contribution is -2.23. The Kier molecular flexibility index (Phi) is 3.47. The highest BCUT2D eigenvalue weighted by molar-refractivity contribution is 5.94. The smallest absolute Gasteiger partial charge is 0.309 e. The molecule has 2 aliphatic carbocycles. The Morgan fingerprint density at radius 2 is 2.00 bits per heavy atom. The molecule has 0 spiro atoms. The number of benzene rings is 1. The van der Waals surface area contributed by atoms with E-state index in [0.29, 0.717) is 17.0 Å². The minimum atomic E-state index is -0.489. The molecule has 0 aromatic heterocycles. The van der Waals surface area contributed by atoms with Gasteiger partial charge in [-0.3, -0.25) is 9.59 Å². The first-order valence-electron chi connectivity index (χ1n) is 7.19. The average Bonchev–Trinajstić information content (AvgIpc) is 3.07. The van der Waals surface area contributed by atoms with Crippen LogP contribution < -0.4 is 5.73 Å². The van der Waals surface area contributed by atoms with Crippen LogP contribution in [0, 0.1) is 17.8 Å². The second kappa shape index (κ2) is 5.27. The molecule has 106 valence electrons. The van der Waals surface area contributed by atoms with E-state index >= 15 is 0 Å². The first kappa shape index (κ1) is 13.2. The van der Waals surface area contributed by atoms with Gasteiger partial charge in [0.25, 0.3) is 0 Å². The van der Waals surface area contributed by atoms with Gasteiger partial charge in [-0.05, 0) is 37.2 Å². The zero-order chi connectivity index (χ0) is 14.1. The molecule has 2 saturated carbocycles. The van der Waals surface area contributed by atoms with E-state index in [0.717, 1.165) is 18.8 Å². The van der Waals surface area contributed by atoms with E-state index in [-0.39, 0.29) is 18.5 Å². The summed E-state index contributed by atoms with van der Waals surface area (Å²) in [7, 11) is 0. The van der Waals surface area contributed by atoms with Gasteiger partial charge in [0.1, 0.15) is 6.61 Å². The third-order valence-corrected chi connectivity index (χ3v) is 4.69. The van der Waals surface area contributed by atoms with Crippen LogP contribution in [-0.2, 0) is 16.1 Å². The Hall–Kier alpha value is -1.84. The highest BCUT2D eigenvalue weighted by Gasteiger charge is 2.43. The van der Waals surface area contributed by atoms with Crippen molar-refractivity contribution in [3.8, 4) is 0 Å². The molecule has 0 aliphatic heterocycles. The zero-order valence-corrected chi connectivity index (χ0v) is 11.4. The second-order valence-electron chi connectivity index (χ2n) is 5.91. The zero-order valence-electron chi connectivity index (χ0n) is 11.4. The molecular formula is C16H19NO3. The van der Waals surface area contributed by atoms with Crippen LogP contribution in [0.5, 0.6) is 0 Å². The largest absolute Gasteiger partial charge is 0.461 e. The van der Waals surface area contributed by atoms with E-state index in [9.17, 15) is 9.59 Å². The van der Waals surface area contributed by atoms with Crippen molar-refractivity contribution in [3.05, 3.63) is 35.4 Å². The predicted molar refractivity (Wildman–Crippen MR) is 73.7 cm³/mol. The van der Waals surface area contributed by atoms with E-state index in [2.05, 4.69) is 0 Å². The first-order valence-corrected chi connectivity index (χ1v) is 7.19. The summed E-state index contributed by atoms with van der Waals surface area (Å²) in [5, 5.41) is 0. The van der Waals surface area contributed by atoms with Gasteiger partial charge in [-0.1, -0.05) is 24.6 Å².